The monoisotopic (exact) mass is 356 g/mol. The molecule has 2 aromatic rings. The van der Waals surface area contributed by atoms with E-state index in [-0.39, 0.29) is 17.3 Å². The number of benzene rings is 2. The van der Waals surface area contributed by atoms with Gasteiger partial charge >= 0.3 is 0 Å². The second-order valence-electron chi connectivity index (χ2n) is 5.72. The van der Waals surface area contributed by atoms with Crippen LogP contribution >= 0.6 is 0 Å². The van der Waals surface area contributed by atoms with E-state index in [1.165, 1.54) is 4.31 Å². The number of rotatable bonds is 5. The Morgan fingerprint density at radius 1 is 1.08 bits per heavy atom. The molecule has 6 heteroatoms. The van der Waals surface area contributed by atoms with Gasteiger partial charge in [0.25, 0.3) is 0 Å². The van der Waals surface area contributed by atoms with Crippen LogP contribution in [0.5, 0.6) is 0 Å². The molecular formula is C19H20N2O3S. The number of hydrogen-bond donors (Lipinski definition) is 1. The zero-order valence-corrected chi connectivity index (χ0v) is 14.7. The molecule has 0 bridgehead atoms. The minimum absolute atomic E-state index is 0.170. The third-order valence-electron chi connectivity index (χ3n) is 4.14. The molecule has 1 N–H and O–H groups in total. The first-order valence-corrected chi connectivity index (χ1v) is 9.59. The summed E-state index contributed by atoms with van der Waals surface area (Å²) < 4.78 is 27.6. The molecule has 0 spiro atoms. The zero-order chi connectivity index (χ0) is 17.9. The van der Waals surface area contributed by atoms with Gasteiger partial charge in [-0.15, -0.1) is 0 Å². The number of hydrogen-bond acceptors (Lipinski definition) is 3. The SMILES string of the molecule is CCNC(=O)C1=CCN(S(=O)(=O)c2ccccc2)C1c1ccccc1. The normalized spacial score (nSPS) is 18.0. The fourth-order valence-electron chi connectivity index (χ4n) is 2.99. The van der Waals surface area contributed by atoms with Gasteiger partial charge in [-0.1, -0.05) is 54.6 Å². The van der Waals surface area contributed by atoms with Crippen molar-refractivity contribution in [3.63, 3.8) is 0 Å². The highest BCUT2D eigenvalue weighted by molar-refractivity contribution is 7.89. The molecule has 2 aromatic carbocycles. The van der Waals surface area contributed by atoms with Crippen LogP contribution in [-0.4, -0.2) is 31.7 Å². The van der Waals surface area contributed by atoms with Crippen molar-refractivity contribution in [3.05, 3.63) is 77.9 Å². The van der Waals surface area contributed by atoms with Gasteiger partial charge in [0.15, 0.2) is 0 Å². The Morgan fingerprint density at radius 3 is 2.28 bits per heavy atom. The molecule has 0 aliphatic carbocycles. The van der Waals surface area contributed by atoms with E-state index in [0.717, 1.165) is 5.56 Å². The molecule has 1 aliphatic heterocycles. The van der Waals surface area contributed by atoms with Crippen LogP contribution in [0.1, 0.15) is 18.5 Å². The highest BCUT2D eigenvalue weighted by atomic mass is 32.2. The fourth-order valence-corrected chi connectivity index (χ4v) is 4.54. The third-order valence-corrected chi connectivity index (χ3v) is 5.98. The molecule has 1 aliphatic rings. The second kappa shape index (κ2) is 7.21. The molecular weight excluding hydrogens is 336 g/mol. The van der Waals surface area contributed by atoms with E-state index in [1.54, 1.807) is 36.4 Å². The molecule has 1 amide bonds. The maximum absolute atomic E-state index is 13.1. The van der Waals surface area contributed by atoms with Crippen LogP contribution < -0.4 is 5.32 Å². The first-order chi connectivity index (χ1) is 12.1. The van der Waals surface area contributed by atoms with Crippen LogP contribution in [-0.2, 0) is 14.8 Å². The Balaban J connectivity index is 2.04. The van der Waals surface area contributed by atoms with E-state index in [9.17, 15) is 13.2 Å². The predicted octanol–water partition coefficient (Wildman–Crippen LogP) is 2.49. The lowest BCUT2D eigenvalue weighted by molar-refractivity contribution is -0.117. The largest absolute Gasteiger partial charge is 0.353 e. The molecule has 130 valence electrons. The van der Waals surface area contributed by atoms with E-state index in [1.807, 2.05) is 37.3 Å². The number of carbonyl (C=O) groups excluding carboxylic acids is 1. The summed E-state index contributed by atoms with van der Waals surface area (Å²) in [5.74, 6) is -0.234. The van der Waals surface area contributed by atoms with Gasteiger partial charge in [0.1, 0.15) is 0 Å². The van der Waals surface area contributed by atoms with Gasteiger partial charge in [-0.25, -0.2) is 8.42 Å². The number of carbonyl (C=O) groups is 1. The number of sulfonamides is 1. The summed E-state index contributed by atoms with van der Waals surface area (Å²) in [5, 5.41) is 2.77. The van der Waals surface area contributed by atoms with Gasteiger partial charge in [0.2, 0.25) is 15.9 Å². The van der Waals surface area contributed by atoms with Gasteiger partial charge < -0.3 is 5.32 Å². The summed E-state index contributed by atoms with van der Waals surface area (Å²) in [5.41, 5.74) is 1.24. The van der Waals surface area contributed by atoms with Crippen LogP contribution in [0.25, 0.3) is 0 Å². The summed E-state index contributed by atoms with van der Waals surface area (Å²) in [6, 6.07) is 16.9. The Hall–Kier alpha value is -2.44. The van der Waals surface area contributed by atoms with Crippen molar-refractivity contribution in [1.82, 2.24) is 9.62 Å². The lowest BCUT2D eigenvalue weighted by Crippen LogP contribution is -2.35. The van der Waals surface area contributed by atoms with E-state index in [4.69, 9.17) is 0 Å². The van der Waals surface area contributed by atoms with Crippen molar-refractivity contribution in [1.29, 1.82) is 0 Å². The van der Waals surface area contributed by atoms with Crippen molar-refractivity contribution in [2.75, 3.05) is 13.1 Å². The second-order valence-corrected chi connectivity index (χ2v) is 7.61. The first-order valence-electron chi connectivity index (χ1n) is 8.15. The predicted molar refractivity (Wildman–Crippen MR) is 96.3 cm³/mol. The minimum Gasteiger partial charge on any atom is -0.353 e. The van der Waals surface area contributed by atoms with Crippen molar-refractivity contribution < 1.29 is 13.2 Å². The molecule has 0 saturated heterocycles. The average molecular weight is 356 g/mol. The summed E-state index contributed by atoms with van der Waals surface area (Å²) in [6.45, 7) is 2.50. The number of nitrogens with one attached hydrogen (secondary N) is 1. The maximum Gasteiger partial charge on any atom is 0.248 e. The molecule has 3 rings (SSSR count). The Bertz CT molecular complexity index is 877. The lowest BCUT2D eigenvalue weighted by Gasteiger charge is -2.26. The standard InChI is InChI=1S/C19H20N2O3S/c1-2-20-19(22)17-13-14-21(18(17)15-9-5-3-6-10-15)25(23,24)16-11-7-4-8-12-16/h3-13,18H,2,14H2,1H3,(H,20,22). The van der Waals surface area contributed by atoms with Gasteiger partial charge in [-0.3, -0.25) is 4.79 Å². The lowest BCUT2D eigenvalue weighted by atomic mass is 10.0. The first kappa shape index (κ1) is 17.4. The van der Waals surface area contributed by atoms with E-state index < -0.39 is 16.1 Å². The Kier molecular flexibility index (Phi) is 5.01. The highest BCUT2D eigenvalue weighted by Gasteiger charge is 2.40. The maximum atomic E-state index is 13.1. The van der Waals surface area contributed by atoms with E-state index >= 15 is 0 Å². The summed E-state index contributed by atoms with van der Waals surface area (Å²) in [6.07, 6.45) is 1.70. The quantitative estimate of drug-likeness (QED) is 0.895. The Labute approximate surface area is 148 Å². The van der Waals surface area contributed by atoms with Crippen LogP contribution in [0.2, 0.25) is 0 Å². The number of likely N-dealkylation sites (N-methyl/N-ethyl adjacent to an activating group) is 1. The van der Waals surface area contributed by atoms with Gasteiger partial charge in [0, 0.05) is 18.7 Å². The van der Waals surface area contributed by atoms with Gasteiger partial charge in [-0.2, -0.15) is 4.31 Å². The van der Waals surface area contributed by atoms with Gasteiger partial charge in [0.05, 0.1) is 10.9 Å². The molecule has 1 heterocycles. The number of amides is 1. The molecule has 25 heavy (non-hydrogen) atoms. The van der Waals surface area contributed by atoms with E-state index in [2.05, 4.69) is 5.32 Å². The zero-order valence-electron chi connectivity index (χ0n) is 13.9. The fraction of sp³-hybridized carbons (Fsp3) is 0.211. The summed E-state index contributed by atoms with van der Waals surface area (Å²) >= 11 is 0. The van der Waals surface area contributed by atoms with Crippen LogP contribution in [0.15, 0.2) is 77.2 Å². The molecule has 0 aromatic heterocycles. The molecule has 0 radical (unpaired) electrons. The van der Waals surface area contributed by atoms with E-state index in [0.29, 0.717) is 12.1 Å². The molecule has 1 unspecified atom stereocenters. The van der Waals surface area contributed by atoms with Crippen molar-refractivity contribution in [3.8, 4) is 0 Å². The summed E-state index contributed by atoms with van der Waals surface area (Å²) in [7, 11) is -3.72. The van der Waals surface area contributed by atoms with Crippen molar-refractivity contribution in [2.24, 2.45) is 0 Å². The number of nitrogens with zero attached hydrogens (tertiary/aromatic N) is 1. The molecule has 5 nitrogen and oxygen atoms in total. The minimum atomic E-state index is -3.72. The van der Waals surface area contributed by atoms with Crippen LogP contribution in [0.4, 0.5) is 0 Å². The highest BCUT2D eigenvalue weighted by Crippen LogP contribution is 2.37. The average Bonchev–Trinajstić information content (AvgIpc) is 3.09. The topological polar surface area (TPSA) is 66.5 Å². The summed E-state index contributed by atoms with van der Waals surface area (Å²) in [4.78, 5) is 12.7. The Morgan fingerprint density at radius 2 is 1.68 bits per heavy atom. The molecule has 1 atom stereocenters. The third kappa shape index (κ3) is 3.36. The van der Waals surface area contributed by atoms with Gasteiger partial charge in [-0.05, 0) is 24.6 Å². The molecule has 0 fully saturated rings. The molecule has 0 saturated carbocycles. The van der Waals surface area contributed by atoms with Crippen LogP contribution in [0, 0.1) is 0 Å². The van der Waals surface area contributed by atoms with Crippen molar-refractivity contribution >= 4 is 15.9 Å². The smallest absolute Gasteiger partial charge is 0.248 e. The van der Waals surface area contributed by atoms with Crippen LogP contribution in [0.3, 0.4) is 0 Å². The van der Waals surface area contributed by atoms with Crippen molar-refractivity contribution in [2.45, 2.75) is 17.9 Å².